The number of Topliss-reactive ketones (excluding diaryl/α,β-unsaturated/α-hetero) is 1. The molecule has 27 heavy (non-hydrogen) atoms. The zero-order valence-electron chi connectivity index (χ0n) is 15.7. The second-order valence-electron chi connectivity index (χ2n) is 7.01. The molecular weight excluding hydrogens is 362 g/mol. The second kappa shape index (κ2) is 8.23. The first-order valence-electron chi connectivity index (χ1n) is 9.10. The van der Waals surface area contributed by atoms with E-state index in [0.29, 0.717) is 37.2 Å². The number of rotatable bonds is 6. The molecule has 0 atom stereocenters. The van der Waals surface area contributed by atoms with Crippen molar-refractivity contribution in [3.63, 3.8) is 0 Å². The lowest BCUT2D eigenvalue weighted by Crippen LogP contribution is -2.40. The largest absolute Gasteiger partial charge is 0.497 e. The number of aryl methyl sites for hydroxylation is 1. The summed E-state index contributed by atoms with van der Waals surface area (Å²) in [6, 6.07) is 14.6. The Bertz CT molecular complexity index is 898. The van der Waals surface area contributed by atoms with Gasteiger partial charge < -0.3 is 4.74 Å². The Morgan fingerprint density at radius 1 is 1.11 bits per heavy atom. The molecule has 0 bridgehead atoms. The fourth-order valence-corrected chi connectivity index (χ4v) is 5.04. The van der Waals surface area contributed by atoms with Crippen LogP contribution in [-0.2, 0) is 15.8 Å². The maximum Gasteiger partial charge on any atom is 0.218 e. The lowest BCUT2D eigenvalue weighted by atomic mass is 9.89. The number of ketones is 1. The predicted octanol–water partition coefficient (Wildman–Crippen LogP) is 3.43. The highest BCUT2D eigenvalue weighted by Crippen LogP contribution is 2.25. The Hall–Kier alpha value is -2.18. The van der Waals surface area contributed by atoms with Crippen molar-refractivity contribution >= 4 is 15.8 Å². The summed E-state index contributed by atoms with van der Waals surface area (Å²) in [6.45, 7) is 2.73. The molecule has 0 amide bonds. The Morgan fingerprint density at radius 2 is 1.78 bits per heavy atom. The highest BCUT2D eigenvalue weighted by Gasteiger charge is 2.31. The average Bonchev–Trinajstić information content (AvgIpc) is 2.67. The standard InChI is InChI=1S/C21H25NO4S/c1-16-4-3-5-17(14-16)15-27(24,25)22-12-10-19(11-13-22)21(23)18-6-8-20(26-2)9-7-18/h3-9,14,19H,10-13,15H2,1-2H3. The van der Waals surface area contributed by atoms with Crippen molar-refractivity contribution < 1.29 is 17.9 Å². The maximum absolute atomic E-state index is 12.7. The van der Waals surface area contributed by atoms with Gasteiger partial charge in [0.25, 0.3) is 0 Å². The third-order valence-corrected chi connectivity index (χ3v) is 6.87. The molecule has 1 fully saturated rings. The first-order valence-corrected chi connectivity index (χ1v) is 10.7. The van der Waals surface area contributed by atoms with E-state index in [2.05, 4.69) is 0 Å². The molecule has 1 aliphatic rings. The molecule has 0 saturated carbocycles. The maximum atomic E-state index is 12.7. The molecule has 1 aliphatic heterocycles. The fraction of sp³-hybridized carbons (Fsp3) is 0.381. The van der Waals surface area contributed by atoms with E-state index in [-0.39, 0.29) is 17.5 Å². The molecule has 2 aromatic rings. The van der Waals surface area contributed by atoms with Gasteiger partial charge in [0.1, 0.15) is 5.75 Å². The minimum absolute atomic E-state index is 0.00573. The third-order valence-electron chi connectivity index (χ3n) is 5.02. The van der Waals surface area contributed by atoms with Crippen LogP contribution in [0, 0.1) is 12.8 Å². The molecule has 2 aromatic carbocycles. The molecule has 0 N–H and O–H groups in total. The third kappa shape index (κ3) is 4.76. The summed E-state index contributed by atoms with van der Waals surface area (Å²) < 4.78 is 32.1. The zero-order valence-corrected chi connectivity index (χ0v) is 16.5. The van der Waals surface area contributed by atoms with E-state index < -0.39 is 10.0 Å². The van der Waals surface area contributed by atoms with E-state index in [0.717, 1.165) is 11.1 Å². The number of ether oxygens (including phenoxy) is 1. The molecule has 5 nitrogen and oxygen atoms in total. The number of carbonyl (C=O) groups excluding carboxylic acids is 1. The van der Waals surface area contributed by atoms with Crippen LogP contribution in [-0.4, -0.2) is 38.7 Å². The smallest absolute Gasteiger partial charge is 0.218 e. The topological polar surface area (TPSA) is 63.7 Å². The van der Waals surface area contributed by atoms with E-state index in [1.165, 1.54) is 4.31 Å². The Balaban J connectivity index is 1.61. The SMILES string of the molecule is COc1ccc(C(=O)C2CCN(S(=O)(=O)Cc3cccc(C)c3)CC2)cc1. The molecular formula is C21H25NO4S. The first-order chi connectivity index (χ1) is 12.9. The van der Waals surface area contributed by atoms with Crippen LogP contribution < -0.4 is 4.74 Å². The molecule has 0 spiro atoms. The van der Waals surface area contributed by atoms with Crippen molar-refractivity contribution in [1.82, 2.24) is 4.31 Å². The van der Waals surface area contributed by atoms with Crippen LogP contribution in [0.2, 0.25) is 0 Å². The second-order valence-corrected chi connectivity index (χ2v) is 8.98. The van der Waals surface area contributed by atoms with Crippen molar-refractivity contribution in [2.24, 2.45) is 5.92 Å². The van der Waals surface area contributed by atoms with E-state index >= 15 is 0 Å². The number of methoxy groups -OCH3 is 1. The van der Waals surface area contributed by atoms with Crippen molar-refractivity contribution in [1.29, 1.82) is 0 Å². The summed E-state index contributed by atoms with van der Waals surface area (Å²) in [4.78, 5) is 12.7. The van der Waals surface area contributed by atoms with Crippen molar-refractivity contribution in [3.05, 3.63) is 65.2 Å². The zero-order chi connectivity index (χ0) is 19.4. The summed E-state index contributed by atoms with van der Waals surface area (Å²) in [7, 11) is -1.78. The van der Waals surface area contributed by atoms with Gasteiger partial charge in [0.2, 0.25) is 10.0 Å². The van der Waals surface area contributed by atoms with Crippen LogP contribution in [0.1, 0.15) is 34.3 Å². The lowest BCUT2D eigenvalue weighted by molar-refractivity contribution is 0.0875. The summed E-state index contributed by atoms with van der Waals surface area (Å²) in [6.07, 6.45) is 1.11. The summed E-state index contributed by atoms with van der Waals surface area (Å²) in [5, 5.41) is 0. The van der Waals surface area contributed by atoms with Gasteiger partial charge in [-0.2, -0.15) is 0 Å². The van der Waals surface area contributed by atoms with Crippen molar-refractivity contribution in [2.75, 3.05) is 20.2 Å². The molecule has 1 saturated heterocycles. The molecule has 3 rings (SSSR count). The van der Waals surface area contributed by atoms with Gasteiger partial charge >= 0.3 is 0 Å². The highest BCUT2D eigenvalue weighted by atomic mass is 32.2. The molecule has 144 valence electrons. The van der Waals surface area contributed by atoms with Crippen LogP contribution in [0.5, 0.6) is 5.75 Å². The quantitative estimate of drug-likeness (QED) is 0.713. The van der Waals surface area contributed by atoms with Gasteiger partial charge in [-0.25, -0.2) is 12.7 Å². The molecule has 0 aliphatic carbocycles. The van der Waals surface area contributed by atoms with Crippen LogP contribution in [0.15, 0.2) is 48.5 Å². The highest BCUT2D eigenvalue weighted by molar-refractivity contribution is 7.88. The number of hydrogen-bond acceptors (Lipinski definition) is 4. The van der Waals surface area contributed by atoms with Crippen molar-refractivity contribution in [3.8, 4) is 5.75 Å². The Labute approximate surface area is 161 Å². The van der Waals surface area contributed by atoms with Crippen LogP contribution in [0.4, 0.5) is 0 Å². The summed E-state index contributed by atoms with van der Waals surface area (Å²) >= 11 is 0. The molecule has 6 heteroatoms. The van der Waals surface area contributed by atoms with E-state index in [9.17, 15) is 13.2 Å². The number of nitrogens with zero attached hydrogens (tertiary/aromatic N) is 1. The predicted molar refractivity (Wildman–Crippen MR) is 105 cm³/mol. The minimum atomic E-state index is -3.37. The molecule has 0 unspecified atom stereocenters. The van der Waals surface area contributed by atoms with Gasteiger partial charge in [0.05, 0.1) is 12.9 Å². The van der Waals surface area contributed by atoms with Crippen LogP contribution in [0.25, 0.3) is 0 Å². The Kier molecular flexibility index (Phi) is 5.97. The average molecular weight is 388 g/mol. The molecule has 0 aromatic heterocycles. The number of hydrogen-bond donors (Lipinski definition) is 0. The van der Waals surface area contributed by atoms with Gasteiger partial charge in [-0.05, 0) is 49.6 Å². The van der Waals surface area contributed by atoms with Gasteiger partial charge in [-0.15, -0.1) is 0 Å². The van der Waals surface area contributed by atoms with Gasteiger partial charge in [0, 0.05) is 24.6 Å². The normalized spacial score (nSPS) is 16.2. The van der Waals surface area contributed by atoms with E-state index in [1.807, 2.05) is 31.2 Å². The van der Waals surface area contributed by atoms with Crippen LogP contribution in [0.3, 0.4) is 0 Å². The van der Waals surface area contributed by atoms with Gasteiger partial charge in [-0.1, -0.05) is 29.8 Å². The summed E-state index contributed by atoms with van der Waals surface area (Å²) in [5.41, 5.74) is 2.50. The minimum Gasteiger partial charge on any atom is -0.497 e. The summed E-state index contributed by atoms with van der Waals surface area (Å²) in [5.74, 6) is 0.659. The van der Waals surface area contributed by atoms with Gasteiger partial charge in [-0.3, -0.25) is 4.79 Å². The van der Waals surface area contributed by atoms with Crippen molar-refractivity contribution in [2.45, 2.75) is 25.5 Å². The first kappa shape index (κ1) is 19.6. The Morgan fingerprint density at radius 3 is 2.37 bits per heavy atom. The number of piperidine rings is 1. The number of benzene rings is 2. The van der Waals surface area contributed by atoms with E-state index in [1.54, 1.807) is 31.4 Å². The lowest BCUT2D eigenvalue weighted by Gasteiger charge is -2.30. The molecule has 0 radical (unpaired) electrons. The number of carbonyl (C=O) groups is 1. The fourth-order valence-electron chi connectivity index (χ4n) is 3.49. The van der Waals surface area contributed by atoms with E-state index in [4.69, 9.17) is 4.74 Å². The monoisotopic (exact) mass is 387 g/mol. The number of sulfonamides is 1. The van der Waals surface area contributed by atoms with Gasteiger partial charge in [0.15, 0.2) is 5.78 Å². The van der Waals surface area contributed by atoms with Crippen LogP contribution >= 0.6 is 0 Å². The molecule has 1 heterocycles.